The Labute approximate surface area is 162 Å². The average Bonchev–Trinajstić information content (AvgIpc) is 2.93. The summed E-state index contributed by atoms with van der Waals surface area (Å²) in [5.41, 5.74) is 2.54. The number of nitrogens with one attached hydrogen (secondary N) is 1. The van der Waals surface area contributed by atoms with Crippen LogP contribution in [0.3, 0.4) is 0 Å². The molecule has 0 saturated heterocycles. The molecule has 1 aromatic heterocycles. The van der Waals surface area contributed by atoms with Gasteiger partial charge in [0.15, 0.2) is 6.61 Å². The number of nitrogens with zero attached hydrogens (tertiary/aromatic N) is 1. The molecular weight excluding hydrogens is 360 g/mol. The molecule has 3 aromatic rings. The number of hydrogen-bond acceptors (Lipinski definition) is 4. The van der Waals surface area contributed by atoms with Crippen LogP contribution in [0.2, 0.25) is 0 Å². The molecule has 0 fully saturated rings. The van der Waals surface area contributed by atoms with Crippen molar-refractivity contribution in [3.05, 3.63) is 57.7 Å². The fourth-order valence-electron chi connectivity index (χ4n) is 3.00. The second-order valence-corrected chi connectivity index (χ2v) is 8.37. The standard InChI is InChI=1S/C21H24N2O3S/c1-5-23-16-11-10-14(12-18(16)27-20(23)25)22-19(24)13-26-17-9-7-6-8-15(17)21(2,3)4/h6-12H,5,13H2,1-4H3,(H,22,24). The Morgan fingerprint density at radius 1 is 1.19 bits per heavy atom. The third-order valence-corrected chi connectivity index (χ3v) is 5.26. The van der Waals surface area contributed by atoms with E-state index in [1.165, 1.54) is 11.3 Å². The Bertz CT molecular complexity index is 1030. The van der Waals surface area contributed by atoms with Crippen molar-refractivity contribution in [1.82, 2.24) is 4.57 Å². The Hall–Kier alpha value is -2.60. The third-order valence-electron chi connectivity index (χ3n) is 4.32. The van der Waals surface area contributed by atoms with E-state index >= 15 is 0 Å². The highest BCUT2D eigenvalue weighted by atomic mass is 32.1. The van der Waals surface area contributed by atoms with Gasteiger partial charge in [-0.05, 0) is 42.2 Å². The number of fused-ring (bicyclic) bond motifs is 1. The highest BCUT2D eigenvalue weighted by Gasteiger charge is 2.19. The SMILES string of the molecule is CCn1c(=O)sc2cc(NC(=O)COc3ccccc3C(C)(C)C)ccc21. The molecule has 3 rings (SSSR count). The smallest absolute Gasteiger partial charge is 0.308 e. The Kier molecular flexibility index (Phi) is 5.37. The van der Waals surface area contributed by atoms with Gasteiger partial charge in [0, 0.05) is 12.2 Å². The number of carbonyl (C=O) groups is 1. The van der Waals surface area contributed by atoms with E-state index in [1.54, 1.807) is 4.57 Å². The lowest BCUT2D eigenvalue weighted by Crippen LogP contribution is -2.21. The van der Waals surface area contributed by atoms with E-state index in [1.807, 2.05) is 49.4 Å². The highest BCUT2D eigenvalue weighted by molar-refractivity contribution is 7.16. The zero-order valence-electron chi connectivity index (χ0n) is 16.0. The van der Waals surface area contributed by atoms with Gasteiger partial charge in [-0.25, -0.2) is 0 Å². The van der Waals surface area contributed by atoms with Crippen LogP contribution in [0.4, 0.5) is 5.69 Å². The molecule has 1 heterocycles. The summed E-state index contributed by atoms with van der Waals surface area (Å²) in [4.78, 5) is 24.3. The van der Waals surface area contributed by atoms with Crippen molar-refractivity contribution in [2.75, 3.05) is 11.9 Å². The summed E-state index contributed by atoms with van der Waals surface area (Å²) in [5.74, 6) is 0.481. The molecule has 142 valence electrons. The molecule has 0 aliphatic rings. The minimum Gasteiger partial charge on any atom is -0.483 e. The minimum atomic E-state index is -0.236. The lowest BCUT2D eigenvalue weighted by Gasteiger charge is -2.22. The molecule has 27 heavy (non-hydrogen) atoms. The number of benzene rings is 2. The number of amides is 1. The van der Waals surface area contributed by atoms with Gasteiger partial charge in [-0.2, -0.15) is 0 Å². The van der Waals surface area contributed by atoms with Crippen LogP contribution in [0.1, 0.15) is 33.3 Å². The maximum Gasteiger partial charge on any atom is 0.308 e. The van der Waals surface area contributed by atoms with Gasteiger partial charge in [-0.15, -0.1) is 0 Å². The first kappa shape index (κ1) is 19.2. The second-order valence-electron chi connectivity index (χ2n) is 7.38. The van der Waals surface area contributed by atoms with E-state index in [0.29, 0.717) is 18.0 Å². The Morgan fingerprint density at radius 2 is 1.93 bits per heavy atom. The molecule has 6 heteroatoms. The summed E-state index contributed by atoms with van der Waals surface area (Å²) >= 11 is 1.18. The monoisotopic (exact) mass is 384 g/mol. The van der Waals surface area contributed by atoms with Crippen LogP contribution < -0.4 is 14.9 Å². The van der Waals surface area contributed by atoms with Crippen LogP contribution in [0.5, 0.6) is 5.75 Å². The molecule has 1 amide bonds. The predicted molar refractivity (Wildman–Crippen MR) is 111 cm³/mol. The summed E-state index contributed by atoms with van der Waals surface area (Å²) in [6, 6.07) is 13.3. The molecule has 0 aliphatic carbocycles. The molecule has 0 saturated carbocycles. The fraction of sp³-hybridized carbons (Fsp3) is 0.333. The van der Waals surface area contributed by atoms with E-state index in [9.17, 15) is 9.59 Å². The average molecular weight is 385 g/mol. The zero-order valence-corrected chi connectivity index (χ0v) is 16.9. The number of anilines is 1. The van der Waals surface area contributed by atoms with Gasteiger partial charge in [-0.3, -0.25) is 14.2 Å². The number of aromatic nitrogens is 1. The van der Waals surface area contributed by atoms with Crippen LogP contribution in [0.15, 0.2) is 47.3 Å². The maximum absolute atomic E-state index is 12.3. The van der Waals surface area contributed by atoms with Gasteiger partial charge >= 0.3 is 4.87 Å². The molecule has 0 radical (unpaired) electrons. The Morgan fingerprint density at radius 3 is 2.63 bits per heavy atom. The number of carbonyl (C=O) groups excluding carboxylic acids is 1. The second kappa shape index (κ2) is 7.56. The first-order chi connectivity index (χ1) is 12.8. The van der Waals surface area contributed by atoms with Crippen LogP contribution in [0, 0.1) is 0 Å². The lowest BCUT2D eigenvalue weighted by molar-refractivity contribution is -0.118. The number of rotatable bonds is 5. The molecule has 2 aromatic carbocycles. The van der Waals surface area contributed by atoms with E-state index in [0.717, 1.165) is 15.8 Å². The number of thiazole rings is 1. The number of para-hydroxylation sites is 1. The van der Waals surface area contributed by atoms with Crippen LogP contribution in [-0.4, -0.2) is 17.1 Å². The van der Waals surface area contributed by atoms with Crippen molar-refractivity contribution in [2.45, 2.75) is 39.7 Å². The highest BCUT2D eigenvalue weighted by Crippen LogP contribution is 2.31. The topological polar surface area (TPSA) is 60.3 Å². The van der Waals surface area contributed by atoms with Crippen LogP contribution in [-0.2, 0) is 16.8 Å². The molecule has 1 N–H and O–H groups in total. The molecule has 0 atom stereocenters. The third kappa shape index (κ3) is 4.22. The molecule has 0 aliphatic heterocycles. The van der Waals surface area contributed by atoms with E-state index in [4.69, 9.17) is 4.74 Å². The maximum atomic E-state index is 12.3. The van der Waals surface area contributed by atoms with Gasteiger partial charge < -0.3 is 10.1 Å². The summed E-state index contributed by atoms with van der Waals surface area (Å²) in [5, 5.41) is 2.84. The van der Waals surface area contributed by atoms with Crippen molar-refractivity contribution in [3.63, 3.8) is 0 Å². The van der Waals surface area contributed by atoms with E-state index in [-0.39, 0.29) is 22.8 Å². The molecular formula is C21H24N2O3S. The minimum absolute atomic E-state index is 0.0121. The van der Waals surface area contributed by atoms with Gasteiger partial charge in [-0.1, -0.05) is 50.3 Å². The lowest BCUT2D eigenvalue weighted by atomic mass is 9.86. The van der Waals surface area contributed by atoms with Gasteiger partial charge in [0.05, 0.1) is 10.2 Å². The summed E-state index contributed by atoms with van der Waals surface area (Å²) in [6.45, 7) is 8.83. The first-order valence-corrected chi connectivity index (χ1v) is 9.77. The van der Waals surface area contributed by atoms with Gasteiger partial charge in [0.25, 0.3) is 5.91 Å². The fourth-order valence-corrected chi connectivity index (χ4v) is 3.99. The first-order valence-electron chi connectivity index (χ1n) is 8.95. The molecule has 0 bridgehead atoms. The normalized spacial score (nSPS) is 11.6. The van der Waals surface area contributed by atoms with Crippen molar-refractivity contribution < 1.29 is 9.53 Å². The Balaban J connectivity index is 1.70. The van der Waals surface area contributed by atoms with Crippen molar-refractivity contribution >= 4 is 33.1 Å². The zero-order chi connectivity index (χ0) is 19.6. The molecule has 0 unspecified atom stereocenters. The molecule has 5 nitrogen and oxygen atoms in total. The van der Waals surface area contributed by atoms with Gasteiger partial charge in [0.2, 0.25) is 0 Å². The van der Waals surface area contributed by atoms with Gasteiger partial charge in [0.1, 0.15) is 5.75 Å². The number of aryl methyl sites for hydroxylation is 1. The van der Waals surface area contributed by atoms with E-state index < -0.39 is 0 Å². The van der Waals surface area contributed by atoms with Crippen molar-refractivity contribution in [2.24, 2.45) is 0 Å². The van der Waals surface area contributed by atoms with E-state index in [2.05, 4.69) is 26.1 Å². The number of ether oxygens (including phenoxy) is 1. The summed E-state index contributed by atoms with van der Waals surface area (Å²) in [7, 11) is 0. The number of hydrogen-bond donors (Lipinski definition) is 1. The van der Waals surface area contributed by atoms with Crippen molar-refractivity contribution in [1.29, 1.82) is 0 Å². The largest absolute Gasteiger partial charge is 0.483 e. The predicted octanol–water partition coefficient (Wildman–Crippen LogP) is 4.40. The summed E-state index contributed by atoms with van der Waals surface area (Å²) < 4.78 is 8.34. The quantitative estimate of drug-likeness (QED) is 0.709. The van der Waals surface area contributed by atoms with Crippen LogP contribution >= 0.6 is 11.3 Å². The van der Waals surface area contributed by atoms with Crippen LogP contribution in [0.25, 0.3) is 10.2 Å². The molecule has 0 spiro atoms. The van der Waals surface area contributed by atoms with Crippen molar-refractivity contribution in [3.8, 4) is 5.75 Å². The summed E-state index contributed by atoms with van der Waals surface area (Å²) in [6.07, 6.45) is 0.